The van der Waals surface area contributed by atoms with Crippen LogP contribution in [0.3, 0.4) is 0 Å². The molecule has 0 spiro atoms. The second-order valence-corrected chi connectivity index (χ2v) is 8.16. The molecule has 0 saturated carbocycles. The first kappa shape index (κ1) is 22.2. The number of hydrogen-bond acceptors (Lipinski definition) is 8. The van der Waals surface area contributed by atoms with Crippen molar-refractivity contribution in [3.8, 4) is 23.0 Å². The highest BCUT2D eigenvalue weighted by Gasteiger charge is 2.15. The maximum absolute atomic E-state index is 6.08. The number of fused-ring (bicyclic) bond motifs is 1. The second kappa shape index (κ2) is 10.5. The fraction of sp³-hybridized carbons (Fsp3) is 0.409. The van der Waals surface area contributed by atoms with Crippen molar-refractivity contribution < 1.29 is 18.9 Å². The summed E-state index contributed by atoms with van der Waals surface area (Å²) in [7, 11) is 1.63. The first-order valence-electron chi connectivity index (χ1n) is 10.6. The largest absolute Gasteiger partial charge is 0.493 e. The average Bonchev–Trinajstić information content (AvgIpc) is 3.27. The topological polar surface area (TPSA) is 92.6 Å². The average molecular weight is 504 g/mol. The molecule has 2 heterocycles. The van der Waals surface area contributed by atoms with Crippen LogP contribution in [0.15, 0.2) is 34.8 Å². The third kappa shape index (κ3) is 5.24. The van der Waals surface area contributed by atoms with Gasteiger partial charge in [0.05, 0.1) is 11.6 Å². The number of benzene rings is 2. The van der Waals surface area contributed by atoms with E-state index in [0.29, 0.717) is 43.8 Å². The van der Waals surface area contributed by atoms with E-state index >= 15 is 0 Å². The zero-order chi connectivity index (χ0) is 22.3. The molecule has 1 N–H and O–H groups in total. The number of halogens is 1. The fourth-order valence-corrected chi connectivity index (χ4v) is 3.92. The first-order chi connectivity index (χ1) is 15.7. The van der Waals surface area contributed by atoms with Crippen molar-refractivity contribution in [2.75, 3.05) is 25.6 Å². The molecule has 2 aromatic carbocycles. The van der Waals surface area contributed by atoms with Gasteiger partial charge in [0.25, 0.3) is 0 Å². The van der Waals surface area contributed by atoms with Crippen molar-refractivity contribution in [1.82, 2.24) is 20.2 Å². The van der Waals surface area contributed by atoms with Gasteiger partial charge in [-0.2, -0.15) is 0 Å². The summed E-state index contributed by atoms with van der Waals surface area (Å²) in [5, 5.41) is 15.1. The zero-order valence-corrected chi connectivity index (χ0v) is 19.7. The lowest BCUT2D eigenvalue weighted by molar-refractivity contribution is 0.171. The van der Waals surface area contributed by atoms with Gasteiger partial charge in [0, 0.05) is 13.1 Å². The van der Waals surface area contributed by atoms with Crippen LogP contribution in [0.1, 0.15) is 30.9 Å². The maximum Gasteiger partial charge on any atom is 0.243 e. The molecule has 0 aliphatic carbocycles. The summed E-state index contributed by atoms with van der Waals surface area (Å²) in [4.78, 5) is 0. The number of nitrogens with one attached hydrogen (secondary N) is 1. The summed E-state index contributed by atoms with van der Waals surface area (Å²) >= 11 is 3.62. The van der Waals surface area contributed by atoms with Crippen LogP contribution >= 0.6 is 15.9 Å². The minimum Gasteiger partial charge on any atom is -0.493 e. The molecule has 1 aromatic heterocycles. The first-order valence-corrected chi connectivity index (χ1v) is 11.3. The van der Waals surface area contributed by atoms with Gasteiger partial charge in [-0.15, -0.1) is 0 Å². The fourth-order valence-electron chi connectivity index (χ4n) is 3.32. The molecular weight excluding hydrogens is 478 g/mol. The van der Waals surface area contributed by atoms with E-state index in [-0.39, 0.29) is 0 Å². The van der Waals surface area contributed by atoms with Crippen LogP contribution in [-0.4, -0.2) is 40.5 Å². The number of ether oxygens (including phenoxy) is 4. The maximum atomic E-state index is 6.08. The Morgan fingerprint density at radius 2 is 1.97 bits per heavy atom. The van der Waals surface area contributed by atoms with E-state index in [2.05, 4.69) is 43.7 Å². The molecule has 10 heteroatoms. The Bertz CT molecular complexity index is 1060. The van der Waals surface area contributed by atoms with Gasteiger partial charge in [-0.05, 0) is 68.2 Å². The van der Waals surface area contributed by atoms with Crippen molar-refractivity contribution in [2.24, 2.45) is 0 Å². The summed E-state index contributed by atoms with van der Waals surface area (Å²) in [5.74, 6) is 3.42. The highest BCUT2D eigenvalue weighted by Crippen LogP contribution is 2.38. The van der Waals surface area contributed by atoms with Crippen molar-refractivity contribution >= 4 is 21.9 Å². The molecule has 170 valence electrons. The van der Waals surface area contributed by atoms with E-state index in [1.165, 1.54) is 0 Å². The van der Waals surface area contributed by atoms with Crippen LogP contribution in [0, 0.1) is 0 Å². The lowest BCUT2D eigenvalue weighted by Crippen LogP contribution is -2.15. The highest BCUT2D eigenvalue weighted by molar-refractivity contribution is 9.10. The van der Waals surface area contributed by atoms with E-state index in [0.717, 1.165) is 46.5 Å². The van der Waals surface area contributed by atoms with Gasteiger partial charge in [0.15, 0.2) is 23.0 Å². The number of methoxy groups -OCH3 is 1. The molecule has 0 fully saturated rings. The van der Waals surface area contributed by atoms with Crippen molar-refractivity contribution in [3.05, 3.63) is 45.9 Å². The molecule has 0 bridgehead atoms. The third-order valence-electron chi connectivity index (χ3n) is 4.98. The van der Waals surface area contributed by atoms with E-state index in [1.54, 1.807) is 11.8 Å². The van der Waals surface area contributed by atoms with Crippen LogP contribution < -0.4 is 24.3 Å². The molecule has 0 amide bonds. The van der Waals surface area contributed by atoms with Crippen LogP contribution in [0.5, 0.6) is 23.0 Å². The van der Waals surface area contributed by atoms with Crippen molar-refractivity contribution in [1.29, 1.82) is 0 Å². The minimum absolute atomic E-state index is 0.370. The molecule has 1 aliphatic rings. The van der Waals surface area contributed by atoms with Crippen LogP contribution in [0.2, 0.25) is 0 Å². The predicted molar refractivity (Wildman–Crippen MR) is 123 cm³/mol. The molecular formula is C22H26BrN5O4. The summed E-state index contributed by atoms with van der Waals surface area (Å²) in [6.45, 7) is 4.96. The normalized spacial score (nSPS) is 12.5. The monoisotopic (exact) mass is 503 g/mol. The molecule has 4 rings (SSSR count). The zero-order valence-electron chi connectivity index (χ0n) is 18.1. The molecule has 1 aliphatic heterocycles. The molecule has 3 aromatic rings. The van der Waals surface area contributed by atoms with Crippen LogP contribution in [-0.2, 0) is 19.7 Å². The summed E-state index contributed by atoms with van der Waals surface area (Å²) < 4.78 is 25.5. The third-order valence-corrected chi connectivity index (χ3v) is 5.57. The van der Waals surface area contributed by atoms with Gasteiger partial charge in [0.1, 0.15) is 19.8 Å². The minimum atomic E-state index is 0.370. The number of nitrogens with zero attached hydrogens (tertiary/aromatic N) is 4. The number of rotatable bonds is 10. The van der Waals surface area contributed by atoms with E-state index < -0.39 is 0 Å². The Labute approximate surface area is 195 Å². The van der Waals surface area contributed by atoms with Crippen LogP contribution in [0.25, 0.3) is 0 Å². The van der Waals surface area contributed by atoms with E-state index in [9.17, 15) is 0 Å². The number of hydrogen-bond donors (Lipinski definition) is 1. The van der Waals surface area contributed by atoms with Gasteiger partial charge in [-0.3, -0.25) is 0 Å². The Morgan fingerprint density at radius 3 is 2.78 bits per heavy atom. The molecule has 32 heavy (non-hydrogen) atoms. The molecule has 0 unspecified atom stereocenters. The predicted octanol–water partition coefficient (Wildman–Crippen LogP) is 4.21. The number of aryl methyl sites for hydroxylation is 1. The standard InChI is InChI=1S/C22H26BrN5O4/c1-3-4-7-28-22(25-26-27-28)24-13-16-10-17(23)21(20(12-16)29-2)32-14-15-5-6-18-19(11-15)31-9-8-30-18/h5-6,10-12H,3-4,7-9,13-14H2,1-2H3,(H,24,25,27). The Kier molecular flexibility index (Phi) is 7.31. The lowest BCUT2D eigenvalue weighted by atomic mass is 10.2. The van der Waals surface area contributed by atoms with Gasteiger partial charge < -0.3 is 24.3 Å². The van der Waals surface area contributed by atoms with Gasteiger partial charge in [-0.1, -0.05) is 24.5 Å². The van der Waals surface area contributed by atoms with E-state index in [4.69, 9.17) is 18.9 Å². The summed E-state index contributed by atoms with van der Waals surface area (Å²) in [5.41, 5.74) is 1.98. The van der Waals surface area contributed by atoms with Crippen molar-refractivity contribution in [3.63, 3.8) is 0 Å². The molecule has 9 nitrogen and oxygen atoms in total. The van der Waals surface area contributed by atoms with Gasteiger partial charge >= 0.3 is 0 Å². The number of unbranched alkanes of at least 4 members (excludes halogenated alkanes) is 1. The molecule has 0 atom stereocenters. The summed E-state index contributed by atoms with van der Waals surface area (Å²) in [6.07, 6.45) is 2.10. The number of anilines is 1. The lowest BCUT2D eigenvalue weighted by Gasteiger charge is -2.19. The number of aromatic nitrogens is 4. The van der Waals surface area contributed by atoms with Crippen LogP contribution in [0.4, 0.5) is 5.95 Å². The smallest absolute Gasteiger partial charge is 0.243 e. The quantitative estimate of drug-likeness (QED) is 0.439. The number of tetrazole rings is 1. The molecule has 0 saturated heterocycles. The second-order valence-electron chi connectivity index (χ2n) is 7.31. The van der Waals surface area contributed by atoms with Crippen molar-refractivity contribution in [2.45, 2.75) is 39.5 Å². The Balaban J connectivity index is 1.42. The molecule has 0 radical (unpaired) electrons. The Hall–Kier alpha value is -3.01. The SMILES string of the molecule is CCCCn1nnnc1NCc1cc(Br)c(OCc2ccc3c(c2)OCCO3)c(OC)c1. The van der Waals surface area contributed by atoms with E-state index in [1.807, 2.05) is 30.3 Å². The van der Waals surface area contributed by atoms with Gasteiger partial charge in [-0.25, -0.2) is 4.68 Å². The summed E-state index contributed by atoms with van der Waals surface area (Å²) in [6, 6.07) is 9.75. The highest BCUT2D eigenvalue weighted by atomic mass is 79.9. The Morgan fingerprint density at radius 1 is 1.12 bits per heavy atom. The van der Waals surface area contributed by atoms with Gasteiger partial charge in [0.2, 0.25) is 5.95 Å².